The summed E-state index contributed by atoms with van der Waals surface area (Å²) >= 11 is 0. The summed E-state index contributed by atoms with van der Waals surface area (Å²) in [6.45, 7) is 0. The first-order valence-corrected chi connectivity index (χ1v) is 4.90. The van der Waals surface area contributed by atoms with Crippen molar-refractivity contribution in [3.8, 4) is 0 Å². The zero-order valence-corrected chi connectivity index (χ0v) is 7.48. The Kier molecular flexibility index (Phi) is 1.37. The Bertz CT molecular complexity index is 327. The van der Waals surface area contributed by atoms with E-state index in [1.807, 2.05) is 0 Å². The van der Waals surface area contributed by atoms with Gasteiger partial charge in [-0.1, -0.05) is 6.08 Å². The Morgan fingerprint density at radius 1 is 1.46 bits per heavy atom. The van der Waals surface area contributed by atoms with Crippen molar-refractivity contribution in [1.82, 2.24) is 0 Å². The van der Waals surface area contributed by atoms with Crippen molar-refractivity contribution in [2.75, 3.05) is 0 Å². The first kappa shape index (κ1) is 7.30. The van der Waals surface area contributed by atoms with Gasteiger partial charge in [-0.15, -0.1) is 0 Å². The van der Waals surface area contributed by atoms with Crippen LogP contribution < -0.4 is 5.73 Å². The summed E-state index contributed by atoms with van der Waals surface area (Å²) in [5.74, 6) is 2.11. The van der Waals surface area contributed by atoms with Gasteiger partial charge >= 0.3 is 0 Å². The third kappa shape index (κ3) is 1.19. The summed E-state index contributed by atoms with van der Waals surface area (Å²) in [6.07, 6.45) is 7.77. The zero-order chi connectivity index (χ0) is 8.84. The minimum Gasteiger partial charge on any atom is -0.368 e. The fourth-order valence-electron chi connectivity index (χ4n) is 2.41. The second kappa shape index (κ2) is 2.44. The lowest BCUT2D eigenvalue weighted by molar-refractivity contribution is 0.556. The molecular formula is C10H13N3. The SMILES string of the molecule is NC1=N[C@H]2CC=CC(=N1)CC1C[C@H]12. The molecule has 0 spiro atoms. The predicted octanol–water partition coefficient (Wildman–Crippen LogP) is 1.11. The smallest absolute Gasteiger partial charge is 0.215 e. The number of nitrogens with zero attached hydrogens (tertiary/aromatic N) is 2. The Morgan fingerprint density at radius 2 is 2.38 bits per heavy atom. The highest BCUT2D eigenvalue weighted by molar-refractivity contribution is 6.03. The quantitative estimate of drug-likeness (QED) is 0.589. The van der Waals surface area contributed by atoms with Crippen LogP contribution in [0.1, 0.15) is 19.3 Å². The lowest BCUT2D eigenvalue weighted by atomic mass is 10.00. The van der Waals surface area contributed by atoms with Crippen molar-refractivity contribution in [3.63, 3.8) is 0 Å². The molecule has 2 aliphatic carbocycles. The van der Waals surface area contributed by atoms with Gasteiger partial charge in [0.25, 0.3) is 0 Å². The van der Waals surface area contributed by atoms with Gasteiger partial charge in [0, 0.05) is 5.71 Å². The molecule has 13 heavy (non-hydrogen) atoms. The summed E-state index contributed by atoms with van der Waals surface area (Å²) < 4.78 is 0. The predicted molar refractivity (Wildman–Crippen MR) is 52.8 cm³/mol. The maximum Gasteiger partial charge on any atom is 0.215 e. The van der Waals surface area contributed by atoms with E-state index in [1.165, 1.54) is 6.42 Å². The van der Waals surface area contributed by atoms with Crippen molar-refractivity contribution in [2.24, 2.45) is 27.6 Å². The summed E-state index contributed by atoms with van der Waals surface area (Å²) in [4.78, 5) is 8.73. The van der Waals surface area contributed by atoms with Gasteiger partial charge in [0.2, 0.25) is 5.96 Å². The lowest BCUT2D eigenvalue weighted by Crippen LogP contribution is -2.22. The second-order valence-electron chi connectivity index (χ2n) is 4.16. The third-order valence-electron chi connectivity index (χ3n) is 3.19. The van der Waals surface area contributed by atoms with Crippen LogP contribution in [0.15, 0.2) is 22.1 Å². The number of guanidine groups is 1. The molecule has 0 aromatic rings. The van der Waals surface area contributed by atoms with Gasteiger partial charge in [-0.3, -0.25) is 0 Å². The highest BCUT2D eigenvalue weighted by Gasteiger charge is 2.44. The standard InChI is InChI=1S/C10H13N3/c11-10-12-7-2-1-3-9(13-10)8-5-6(8)4-7/h1-2,6,8-9H,3-5H2,(H2,11,13)/t6?,8-,9+/m1/s1. The van der Waals surface area contributed by atoms with Crippen molar-refractivity contribution in [3.05, 3.63) is 12.2 Å². The minimum atomic E-state index is 0.409. The van der Waals surface area contributed by atoms with Crippen molar-refractivity contribution in [1.29, 1.82) is 0 Å². The number of fused-ring (bicyclic) bond motifs is 2. The molecule has 0 amide bonds. The first-order chi connectivity index (χ1) is 6.33. The average molecular weight is 175 g/mol. The molecular weight excluding hydrogens is 162 g/mol. The molecule has 2 bridgehead atoms. The van der Waals surface area contributed by atoms with Crippen LogP contribution in [0.3, 0.4) is 0 Å². The molecule has 4 rings (SSSR count). The lowest BCUT2D eigenvalue weighted by Gasteiger charge is -2.16. The monoisotopic (exact) mass is 175 g/mol. The van der Waals surface area contributed by atoms with Gasteiger partial charge in [-0.05, 0) is 37.2 Å². The molecule has 3 nitrogen and oxygen atoms in total. The largest absolute Gasteiger partial charge is 0.368 e. The third-order valence-corrected chi connectivity index (χ3v) is 3.19. The van der Waals surface area contributed by atoms with E-state index in [4.69, 9.17) is 5.73 Å². The molecule has 0 aromatic carbocycles. The number of aliphatic imine (C=N–C) groups is 2. The van der Waals surface area contributed by atoms with Crippen molar-refractivity contribution in [2.45, 2.75) is 25.3 Å². The molecule has 2 aliphatic heterocycles. The number of nitrogens with two attached hydrogens (primary N) is 1. The molecule has 68 valence electrons. The van der Waals surface area contributed by atoms with Crippen molar-refractivity contribution < 1.29 is 0 Å². The van der Waals surface area contributed by atoms with E-state index in [0.717, 1.165) is 30.4 Å². The summed E-state index contributed by atoms with van der Waals surface area (Å²) in [6, 6.07) is 0.409. The van der Waals surface area contributed by atoms with Gasteiger partial charge in [-0.2, -0.15) is 0 Å². The summed E-state index contributed by atoms with van der Waals surface area (Å²) in [5, 5.41) is 0. The Balaban J connectivity index is 2.06. The van der Waals surface area contributed by atoms with Gasteiger partial charge in [0.05, 0.1) is 6.04 Å². The fourth-order valence-corrected chi connectivity index (χ4v) is 2.41. The van der Waals surface area contributed by atoms with E-state index in [2.05, 4.69) is 22.1 Å². The minimum absolute atomic E-state index is 0.409. The Morgan fingerprint density at radius 3 is 3.31 bits per heavy atom. The highest BCUT2D eigenvalue weighted by Crippen LogP contribution is 2.47. The van der Waals surface area contributed by atoms with E-state index in [9.17, 15) is 0 Å². The molecule has 0 aromatic heterocycles. The summed E-state index contributed by atoms with van der Waals surface area (Å²) in [7, 11) is 0. The van der Waals surface area contributed by atoms with E-state index in [0.29, 0.717) is 12.0 Å². The normalized spacial score (nSPS) is 41.1. The molecule has 3 heteroatoms. The molecule has 1 unspecified atom stereocenters. The maximum atomic E-state index is 5.70. The zero-order valence-electron chi connectivity index (χ0n) is 7.48. The van der Waals surface area contributed by atoms with Crippen molar-refractivity contribution >= 4 is 11.7 Å². The van der Waals surface area contributed by atoms with Crippen LogP contribution in [0.2, 0.25) is 0 Å². The molecule has 4 aliphatic rings. The molecule has 2 heterocycles. The van der Waals surface area contributed by atoms with Crippen LogP contribution >= 0.6 is 0 Å². The van der Waals surface area contributed by atoms with Crippen LogP contribution in [0, 0.1) is 11.8 Å². The van der Waals surface area contributed by atoms with Gasteiger partial charge in [0.1, 0.15) is 0 Å². The van der Waals surface area contributed by atoms with Gasteiger partial charge in [-0.25, -0.2) is 9.98 Å². The van der Waals surface area contributed by atoms with Crippen LogP contribution in [-0.4, -0.2) is 17.7 Å². The van der Waals surface area contributed by atoms with E-state index < -0.39 is 0 Å². The molecule has 1 saturated carbocycles. The molecule has 1 fully saturated rings. The maximum absolute atomic E-state index is 5.70. The van der Waals surface area contributed by atoms with Crippen LogP contribution in [0.4, 0.5) is 0 Å². The molecule has 2 N–H and O–H groups in total. The Hall–Kier alpha value is -1.12. The number of allylic oxidation sites excluding steroid dienone is 1. The van der Waals surface area contributed by atoms with Gasteiger partial charge < -0.3 is 5.73 Å². The van der Waals surface area contributed by atoms with Crippen LogP contribution in [-0.2, 0) is 0 Å². The van der Waals surface area contributed by atoms with Crippen LogP contribution in [0.25, 0.3) is 0 Å². The van der Waals surface area contributed by atoms with E-state index >= 15 is 0 Å². The molecule has 0 saturated heterocycles. The first-order valence-electron chi connectivity index (χ1n) is 4.90. The summed E-state index contributed by atoms with van der Waals surface area (Å²) in [5.41, 5.74) is 6.82. The average Bonchev–Trinajstić information content (AvgIpc) is 2.72. The highest BCUT2D eigenvalue weighted by atomic mass is 15.1. The number of rotatable bonds is 0. The van der Waals surface area contributed by atoms with E-state index in [-0.39, 0.29) is 0 Å². The number of hydrogen-bond acceptors (Lipinski definition) is 3. The topological polar surface area (TPSA) is 50.7 Å². The molecule has 0 radical (unpaired) electrons. The number of hydrogen-bond donors (Lipinski definition) is 1. The second-order valence-corrected chi connectivity index (χ2v) is 4.16. The Labute approximate surface area is 77.4 Å². The van der Waals surface area contributed by atoms with Crippen LogP contribution in [0.5, 0.6) is 0 Å². The fraction of sp³-hybridized carbons (Fsp3) is 0.600. The van der Waals surface area contributed by atoms with E-state index in [1.54, 1.807) is 0 Å². The molecule has 3 atom stereocenters. The van der Waals surface area contributed by atoms with Gasteiger partial charge in [0.15, 0.2) is 0 Å².